The van der Waals surface area contributed by atoms with Crippen LogP contribution < -0.4 is 10.6 Å². The van der Waals surface area contributed by atoms with Crippen molar-refractivity contribution in [1.82, 2.24) is 25.5 Å². The number of hydrogen-bond acceptors (Lipinski definition) is 9. The Morgan fingerprint density at radius 2 is 1.83 bits per heavy atom. The van der Waals surface area contributed by atoms with E-state index in [-0.39, 0.29) is 24.5 Å². The molecule has 2 aromatic rings. The van der Waals surface area contributed by atoms with Crippen LogP contribution in [0.3, 0.4) is 0 Å². The molecule has 41 heavy (non-hydrogen) atoms. The van der Waals surface area contributed by atoms with Gasteiger partial charge in [0.05, 0.1) is 25.0 Å². The molecular formula is C27H34BN5O8. The largest absolute Gasteiger partial charge is 0.552 e. The number of nitrogens with one attached hydrogen (secondary N) is 2. The van der Waals surface area contributed by atoms with E-state index in [4.69, 9.17) is 9.31 Å². The Kier molecular flexibility index (Phi) is 10.5. The highest BCUT2D eigenvalue weighted by molar-refractivity contribution is 6.50. The minimum atomic E-state index is -2.18. The molecule has 1 aromatic carbocycles. The van der Waals surface area contributed by atoms with Gasteiger partial charge in [-0.3, -0.25) is 24.2 Å². The van der Waals surface area contributed by atoms with Gasteiger partial charge in [0.25, 0.3) is 11.9 Å². The van der Waals surface area contributed by atoms with Crippen LogP contribution in [-0.4, -0.2) is 88.4 Å². The zero-order valence-electron chi connectivity index (χ0n) is 23.4. The Bertz CT molecular complexity index is 1250. The average molecular weight is 567 g/mol. The van der Waals surface area contributed by atoms with Gasteiger partial charge in [-0.05, 0) is 17.9 Å². The van der Waals surface area contributed by atoms with E-state index in [1.165, 1.54) is 37.6 Å². The number of nitrogens with zero attached hydrogens (tertiary/aromatic N) is 3. The fourth-order valence-electron chi connectivity index (χ4n) is 4.30. The fraction of sp³-hybridized carbons (Fsp3) is 0.444. The Balaban J connectivity index is 1.88. The van der Waals surface area contributed by atoms with E-state index in [2.05, 4.69) is 20.6 Å². The van der Waals surface area contributed by atoms with Crippen LogP contribution in [0.2, 0.25) is 0 Å². The summed E-state index contributed by atoms with van der Waals surface area (Å²) in [6.07, 6.45) is 3.11. The Labute approximate surface area is 238 Å². The van der Waals surface area contributed by atoms with E-state index >= 15 is 0 Å². The van der Waals surface area contributed by atoms with Gasteiger partial charge in [0.1, 0.15) is 11.7 Å². The molecule has 2 unspecified atom stereocenters. The van der Waals surface area contributed by atoms with Crippen molar-refractivity contribution in [2.75, 3.05) is 14.1 Å². The summed E-state index contributed by atoms with van der Waals surface area (Å²) in [5, 5.41) is 15.5. The zero-order valence-corrected chi connectivity index (χ0v) is 23.4. The fourth-order valence-corrected chi connectivity index (χ4v) is 4.30. The molecule has 218 valence electrons. The van der Waals surface area contributed by atoms with Crippen LogP contribution in [0, 0.1) is 5.92 Å². The molecular weight excluding hydrogens is 533 g/mol. The predicted molar refractivity (Wildman–Crippen MR) is 146 cm³/mol. The molecule has 0 radical (unpaired) electrons. The highest BCUT2D eigenvalue weighted by Gasteiger charge is 2.55. The van der Waals surface area contributed by atoms with Crippen molar-refractivity contribution in [3.8, 4) is 0 Å². The molecule has 14 heteroatoms. The van der Waals surface area contributed by atoms with Crippen LogP contribution in [0.1, 0.15) is 49.2 Å². The Morgan fingerprint density at radius 1 is 1.12 bits per heavy atom. The minimum Gasteiger partial charge on any atom is -0.508 e. The van der Waals surface area contributed by atoms with Crippen molar-refractivity contribution < 1.29 is 38.4 Å². The van der Waals surface area contributed by atoms with Gasteiger partial charge in [-0.2, -0.15) is 0 Å². The van der Waals surface area contributed by atoms with Crippen LogP contribution in [-0.2, 0) is 34.9 Å². The molecule has 3 rings (SSSR count). The van der Waals surface area contributed by atoms with Gasteiger partial charge in [0.2, 0.25) is 11.8 Å². The number of amides is 3. The molecule has 1 aromatic heterocycles. The number of carbonyl (C=O) groups is 5. The van der Waals surface area contributed by atoms with E-state index in [1.807, 2.05) is 19.9 Å². The van der Waals surface area contributed by atoms with Gasteiger partial charge in [0.15, 0.2) is 5.60 Å². The van der Waals surface area contributed by atoms with Crippen molar-refractivity contribution in [3.63, 3.8) is 0 Å². The third-order valence-electron chi connectivity index (χ3n) is 6.43. The normalized spacial score (nSPS) is 18.2. The van der Waals surface area contributed by atoms with Crippen molar-refractivity contribution in [2.24, 2.45) is 5.92 Å². The maximum absolute atomic E-state index is 13.7. The van der Waals surface area contributed by atoms with E-state index < -0.39 is 67.2 Å². The number of carboxylic acids is 1. The lowest BCUT2D eigenvalue weighted by Crippen LogP contribution is -2.63. The van der Waals surface area contributed by atoms with Crippen LogP contribution in [0.4, 0.5) is 0 Å². The van der Waals surface area contributed by atoms with Gasteiger partial charge in [-0.1, -0.05) is 44.2 Å². The van der Waals surface area contributed by atoms with Gasteiger partial charge in [-0.25, -0.2) is 9.78 Å². The maximum Gasteiger partial charge on any atom is 0.552 e. The Hall–Kier alpha value is -4.33. The van der Waals surface area contributed by atoms with E-state index in [1.54, 1.807) is 24.3 Å². The summed E-state index contributed by atoms with van der Waals surface area (Å²) < 4.78 is 11.2. The smallest absolute Gasteiger partial charge is 0.508 e. The molecule has 1 aliphatic rings. The monoisotopic (exact) mass is 567 g/mol. The molecule has 3 atom stereocenters. The molecule has 13 nitrogen and oxygen atoms in total. The zero-order chi connectivity index (χ0) is 30.2. The number of carboxylic acid groups (broad SMARTS) is 1. The van der Waals surface area contributed by atoms with E-state index in [9.17, 15) is 29.1 Å². The molecule has 0 spiro atoms. The van der Waals surface area contributed by atoms with Crippen LogP contribution in [0.5, 0.6) is 0 Å². The molecule has 1 fully saturated rings. The first kappa shape index (κ1) is 31.2. The highest BCUT2D eigenvalue weighted by Crippen LogP contribution is 2.30. The lowest BCUT2D eigenvalue weighted by molar-refractivity contribution is -0.173. The highest BCUT2D eigenvalue weighted by atomic mass is 16.6. The summed E-state index contributed by atoms with van der Waals surface area (Å²) in [6.45, 7) is 3.72. The number of aromatic nitrogens is 2. The summed E-state index contributed by atoms with van der Waals surface area (Å²) in [6, 6.07) is 7.93. The predicted octanol–water partition coefficient (Wildman–Crippen LogP) is 0.641. The van der Waals surface area contributed by atoms with E-state index in [0.717, 1.165) is 5.56 Å². The van der Waals surface area contributed by atoms with Gasteiger partial charge in [-0.15, -0.1) is 0 Å². The molecule has 0 bridgehead atoms. The van der Waals surface area contributed by atoms with Crippen LogP contribution >= 0.6 is 0 Å². The molecule has 0 saturated carbocycles. The maximum atomic E-state index is 13.7. The SMILES string of the molecule is CC(C)CC(NC(=O)C(Cc1ccccc1)NC(=O)c1cnccn1)B1OC(=O)C[C@](CC(=O)N(C)C)(C(=O)O)O1. The quantitative estimate of drug-likeness (QED) is 0.309. The van der Waals surface area contributed by atoms with Crippen molar-refractivity contribution in [2.45, 2.75) is 57.1 Å². The molecule has 2 heterocycles. The van der Waals surface area contributed by atoms with Crippen LogP contribution in [0.25, 0.3) is 0 Å². The van der Waals surface area contributed by atoms with Gasteiger partial charge >= 0.3 is 13.1 Å². The third-order valence-corrected chi connectivity index (χ3v) is 6.43. The summed E-state index contributed by atoms with van der Waals surface area (Å²) in [5.41, 5.74) is -1.40. The molecule has 1 aliphatic heterocycles. The third kappa shape index (κ3) is 8.58. The first-order valence-corrected chi connectivity index (χ1v) is 13.1. The Morgan fingerprint density at radius 3 is 2.41 bits per heavy atom. The van der Waals surface area contributed by atoms with E-state index in [0.29, 0.717) is 0 Å². The molecule has 0 aliphatic carbocycles. The summed E-state index contributed by atoms with van der Waals surface area (Å²) in [4.78, 5) is 73.0. The summed E-state index contributed by atoms with van der Waals surface area (Å²) in [5.74, 6) is -5.22. The standard InChI is InChI=1S/C27H34BN5O8/c1-17(2)12-21(28-40-23(35)15-27(41-28,26(38)39)14-22(34)33(3)4)32-24(36)19(13-18-8-6-5-7-9-18)31-25(37)20-16-29-10-11-30-20/h5-11,16-17,19,21H,12-15H2,1-4H3,(H,31,37)(H,32,36)(H,38,39)/t19?,21?,27-/m1/s1. The second kappa shape index (κ2) is 13.8. The minimum absolute atomic E-state index is 0.0124. The number of aliphatic carboxylic acids is 1. The molecule has 1 saturated heterocycles. The van der Waals surface area contributed by atoms with Gasteiger partial charge in [0, 0.05) is 32.9 Å². The topological polar surface area (TPSA) is 177 Å². The van der Waals surface area contributed by atoms with Crippen molar-refractivity contribution in [1.29, 1.82) is 0 Å². The average Bonchev–Trinajstić information content (AvgIpc) is 2.92. The van der Waals surface area contributed by atoms with Crippen molar-refractivity contribution >= 4 is 36.8 Å². The molecule has 3 N–H and O–H groups in total. The lowest BCUT2D eigenvalue weighted by atomic mass is 9.70. The number of rotatable bonds is 12. The summed E-state index contributed by atoms with van der Waals surface area (Å²) >= 11 is 0. The summed E-state index contributed by atoms with van der Waals surface area (Å²) in [7, 11) is 1.42. The first-order valence-electron chi connectivity index (χ1n) is 13.1. The van der Waals surface area contributed by atoms with Crippen LogP contribution in [0.15, 0.2) is 48.9 Å². The van der Waals surface area contributed by atoms with Gasteiger partial charge < -0.3 is 29.9 Å². The molecule has 3 amide bonds. The number of carbonyl (C=O) groups excluding carboxylic acids is 4. The number of benzene rings is 1. The second-order valence-electron chi connectivity index (χ2n) is 10.5. The number of hydrogen-bond donors (Lipinski definition) is 3. The lowest BCUT2D eigenvalue weighted by Gasteiger charge is -2.38. The van der Waals surface area contributed by atoms with Crippen molar-refractivity contribution in [3.05, 3.63) is 60.2 Å². The first-order chi connectivity index (χ1) is 19.4. The second-order valence-corrected chi connectivity index (χ2v) is 10.5.